The number of aliphatic carboxylic acids is 1. The van der Waals surface area contributed by atoms with Gasteiger partial charge in [-0.15, -0.1) is 0 Å². The van der Waals surface area contributed by atoms with Crippen LogP contribution in [-0.2, 0) is 4.79 Å². The zero-order valence-corrected chi connectivity index (χ0v) is 11.0. The van der Waals surface area contributed by atoms with Crippen LogP contribution in [0.15, 0.2) is 42.5 Å². The second kappa shape index (κ2) is 5.57. The van der Waals surface area contributed by atoms with E-state index in [1.807, 2.05) is 50.2 Å². The van der Waals surface area contributed by atoms with Crippen molar-refractivity contribution in [3.8, 4) is 5.75 Å². The van der Waals surface area contributed by atoms with E-state index in [4.69, 9.17) is 9.84 Å². The molecule has 0 bridgehead atoms. The van der Waals surface area contributed by atoms with Crippen molar-refractivity contribution >= 4 is 22.8 Å². The zero-order chi connectivity index (χ0) is 13.8. The highest BCUT2D eigenvalue weighted by Crippen LogP contribution is 2.30. The Kier molecular flexibility index (Phi) is 3.85. The molecule has 0 fully saturated rings. The summed E-state index contributed by atoms with van der Waals surface area (Å²) in [7, 11) is 0. The molecule has 0 radical (unpaired) electrons. The van der Waals surface area contributed by atoms with Crippen LogP contribution in [0.25, 0.3) is 16.8 Å². The van der Waals surface area contributed by atoms with Gasteiger partial charge in [-0.05, 0) is 36.8 Å². The number of hydrogen-bond donors (Lipinski definition) is 1. The topological polar surface area (TPSA) is 46.5 Å². The lowest BCUT2D eigenvalue weighted by atomic mass is 10.0. The molecule has 98 valence electrons. The lowest BCUT2D eigenvalue weighted by Crippen LogP contribution is -2.06. The fourth-order valence-electron chi connectivity index (χ4n) is 1.96. The second-order valence-electron chi connectivity index (χ2n) is 4.54. The lowest BCUT2D eigenvalue weighted by molar-refractivity contribution is -0.131. The largest absolute Gasteiger partial charge is 0.490 e. The molecule has 0 amide bonds. The maximum atomic E-state index is 10.7. The summed E-state index contributed by atoms with van der Waals surface area (Å²) in [5.41, 5.74) is 0.800. The van der Waals surface area contributed by atoms with E-state index < -0.39 is 5.97 Å². The average molecular weight is 256 g/mol. The zero-order valence-electron chi connectivity index (χ0n) is 11.0. The Labute approximate surface area is 112 Å². The third-order valence-corrected chi connectivity index (χ3v) is 2.69. The van der Waals surface area contributed by atoms with Gasteiger partial charge in [-0.1, -0.05) is 30.3 Å². The second-order valence-corrected chi connectivity index (χ2v) is 4.54. The molecule has 0 spiro atoms. The SMILES string of the molecule is CC(C)Oc1ccc2ccccc2c1/C=C/C(=O)O. The maximum absolute atomic E-state index is 10.7. The molecule has 0 atom stereocenters. The molecule has 0 unspecified atom stereocenters. The highest BCUT2D eigenvalue weighted by Gasteiger charge is 2.08. The van der Waals surface area contributed by atoms with Gasteiger partial charge in [0.05, 0.1) is 6.10 Å². The van der Waals surface area contributed by atoms with E-state index in [0.29, 0.717) is 5.75 Å². The van der Waals surface area contributed by atoms with Crippen LogP contribution in [0.3, 0.4) is 0 Å². The molecule has 0 heterocycles. The predicted molar refractivity (Wildman–Crippen MR) is 76.4 cm³/mol. The van der Waals surface area contributed by atoms with Gasteiger partial charge in [-0.3, -0.25) is 0 Å². The van der Waals surface area contributed by atoms with Crippen LogP contribution in [0.1, 0.15) is 19.4 Å². The Morgan fingerprint density at radius 2 is 1.95 bits per heavy atom. The van der Waals surface area contributed by atoms with E-state index in [1.54, 1.807) is 6.08 Å². The van der Waals surface area contributed by atoms with Crippen molar-refractivity contribution in [1.82, 2.24) is 0 Å². The maximum Gasteiger partial charge on any atom is 0.328 e. The van der Waals surface area contributed by atoms with Crippen LogP contribution in [0.4, 0.5) is 0 Å². The normalized spacial score (nSPS) is 11.3. The fourth-order valence-corrected chi connectivity index (χ4v) is 1.96. The molecule has 2 aromatic carbocycles. The summed E-state index contributed by atoms with van der Waals surface area (Å²) < 4.78 is 5.74. The van der Waals surface area contributed by atoms with Crippen LogP contribution < -0.4 is 4.74 Å². The number of ether oxygens (including phenoxy) is 1. The molecule has 19 heavy (non-hydrogen) atoms. The van der Waals surface area contributed by atoms with E-state index in [0.717, 1.165) is 22.4 Å². The number of carboxylic acid groups (broad SMARTS) is 1. The quantitative estimate of drug-likeness (QED) is 0.848. The van der Waals surface area contributed by atoms with E-state index in [2.05, 4.69) is 0 Å². The third kappa shape index (κ3) is 3.13. The summed E-state index contributed by atoms with van der Waals surface area (Å²) >= 11 is 0. The Hall–Kier alpha value is -2.29. The Morgan fingerprint density at radius 1 is 1.21 bits per heavy atom. The number of rotatable bonds is 4. The van der Waals surface area contributed by atoms with E-state index in [-0.39, 0.29) is 6.10 Å². The van der Waals surface area contributed by atoms with Crippen LogP contribution in [-0.4, -0.2) is 17.2 Å². The number of carbonyl (C=O) groups is 1. The molecule has 0 aliphatic rings. The van der Waals surface area contributed by atoms with Gasteiger partial charge in [0, 0.05) is 11.6 Å². The van der Waals surface area contributed by atoms with Crippen LogP contribution >= 0.6 is 0 Å². The molecular weight excluding hydrogens is 240 g/mol. The molecule has 2 rings (SSSR count). The predicted octanol–water partition coefficient (Wildman–Crippen LogP) is 3.72. The minimum Gasteiger partial charge on any atom is -0.490 e. The number of benzene rings is 2. The number of fused-ring (bicyclic) bond motifs is 1. The summed E-state index contributed by atoms with van der Waals surface area (Å²) in [5, 5.41) is 10.8. The molecule has 0 aliphatic carbocycles. The van der Waals surface area contributed by atoms with Crippen LogP contribution in [0, 0.1) is 0 Å². The first-order chi connectivity index (χ1) is 9.08. The van der Waals surface area contributed by atoms with Gasteiger partial charge in [0.15, 0.2) is 0 Å². The van der Waals surface area contributed by atoms with Crippen molar-refractivity contribution in [1.29, 1.82) is 0 Å². The molecule has 0 aliphatic heterocycles. The highest BCUT2D eigenvalue weighted by atomic mass is 16.5. The molecule has 0 saturated carbocycles. The highest BCUT2D eigenvalue weighted by molar-refractivity contribution is 5.96. The van der Waals surface area contributed by atoms with Gasteiger partial charge in [-0.25, -0.2) is 4.79 Å². The van der Waals surface area contributed by atoms with Gasteiger partial charge >= 0.3 is 5.97 Å². The molecule has 0 saturated heterocycles. The van der Waals surface area contributed by atoms with Gasteiger partial charge in [0.2, 0.25) is 0 Å². The standard InChI is InChI=1S/C16H16O3/c1-11(2)19-15-9-7-12-5-3-4-6-13(12)14(15)8-10-16(17)18/h3-11H,1-2H3,(H,17,18)/b10-8+. The van der Waals surface area contributed by atoms with Crippen molar-refractivity contribution < 1.29 is 14.6 Å². The number of carboxylic acids is 1. The van der Waals surface area contributed by atoms with E-state index in [9.17, 15) is 4.79 Å². The molecule has 0 aromatic heterocycles. The first kappa shape index (κ1) is 13.1. The van der Waals surface area contributed by atoms with Crippen molar-refractivity contribution in [3.63, 3.8) is 0 Å². The van der Waals surface area contributed by atoms with Crippen LogP contribution in [0.2, 0.25) is 0 Å². The van der Waals surface area contributed by atoms with Gasteiger partial charge in [0.25, 0.3) is 0 Å². The first-order valence-electron chi connectivity index (χ1n) is 6.17. The van der Waals surface area contributed by atoms with Crippen LogP contribution in [0.5, 0.6) is 5.75 Å². The van der Waals surface area contributed by atoms with E-state index in [1.165, 1.54) is 0 Å². The van der Waals surface area contributed by atoms with Crippen molar-refractivity contribution in [2.45, 2.75) is 20.0 Å². The molecule has 1 N–H and O–H groups in total. The fraction of sp³-hybridized carbons (Fsp3) is 0.188. The Morgan fingerprint density at radius 3 is 2.63 bits per heavy atom. The Balaban J connectivity index is 2.60. The minimum atomic E-state index is -0.969. The molecule has 3 heteroatoms. The first-order valence-corrected chi connectivity index (χ1v) is 6.17. The van der Waals surface area contributed by atoms with Crippen molar-refractivity contribution in [2.24, 2.45) is 0 Å². The summed E-state index contributed by atoms with van der Waals surface area (Å²) in [4.78, 5) is 10.7. The number of hydrogen-bond acceptors (Lipinski definition) is 2. The summed E-state index contributed by atoms with van der Waals surface area (Å²) in [6.45, 7) is 3.89. The summed E-state index contributed by atoms with van der Waals surface area (Å²) in [5.74, 6) is -0.269. The van der Waals surface area contributed by atoms with E-state index >= 15 is 0 Å². The summed E-state index contributed by atoms with van der Waals surface area (Å²) in [6, 6.07) is 11.7. The molecule has 2 aromatic rings. The van der Waals surface area contributed by atoms with Crippen molar-refractivity contribution in [2.75, 3.05) is 0 Å². The monoisotopic (exact) mass is 256 g/mol. The minimum absolute atomic E-state index is 0.0399. The smallest absolute Gasteiger partial charge is 0.328 e. The van der Waals surface area contributed by atoms with Gasteiger partial charge < -0.3 is 9.84 Å². The lowest BCUT2D eigenvalue weighted by Gasteiger charge is -2.14. The average Bonchev–Trinajstić information content (AvgIpc) is 2.36. The molecular formula is C16H16O3. The van der Waals surface area contributed by atoms with Gasteiger partial charge in [0.1, 0.15) is 5.75 Å². The molecule has 3 nitrogen and oxygen atoms in total. The summed E-state index contributed by atoms with van der Waals surface area (Å²) in [6.07, 6.45) is 2.76. The van der Waals surface area contributed by atoms with Gasteiger partial charge in [-0.2, -0.15) is 0 Å². The third-order valence-electron chi connectivity index (χ3n) is 2.69. The van der Waals surface area contributed by atoms with Crippen molar-refractivity contribution in [3.05, 3.63) is 48.0 Å². The Bertz CT molecular complexity index is 627.